The number of likely N-dealkylation sites (N-methyl/N-ethyl adjacent to an activating group) is 2. The summed E-state index contributed by atoms with van der Waals surface area (Å²) in [5.74, 6) is 1.41. The van der Waals surface area contributed by atoms with Gasteiger partial charge in [0.15, 0.2) is 0 Å². The molecule has 8 rings (SSSR count). The highest BCUT2D eigenvalue weighted by Crippen LogP contribution is 2.41. The third-order valence-electron chi connectivity index (χ3n) is 13.9. The second-order valence-electron chi connectivity index (χ2n) is 17.6. The minimum Gasteiger partial charge on any atom is -0.478 e. The average Bonchev–Trinajstić information content (AvgIpc) is 3.79. The van der Waals surface area contributed by atoms with Crippen molar-refractivity contribution in [3.63, 3.8) is 0 Å². The van der Waals surface area contributed by atoms with Gasteiger partial charge in [0.1, 0.15) is 13.1 Å². The lowest BCUT2D eigenvalue weighted by Crippen LogP contribution is -2.40. The number of hydrogen-bond acceptors (Lipinski definition) is 9. The van der Waals surface area contributed by atoms with Crippen LogP contribution in [0.25, 0.3) is 21.8 Å². The molecule has 3 amide bonds. The molecular formula is C50H66N8O7. The molecule has 0 spiro atoms. The van der Waals surface area contributed by atoms with E-state index in [1.165, 1.54) is 53.1 Å². The molecule has 2 unspecified atom stereocenters. The van der Waals surface area contributed by atoms with Gasteiger partial charge >= 0.3 is 5.97 Å². The number of aryl methyl sites for hydroxylation is 2. The molecule has 2 fully saturated rings. The molecule has 2 aromatic heterocycles. The number of nitriles is 2. The molecule has 4 heterocycles. The maximum absolute atomic E-state index is 13.2. The van der Waals surface area contributed by atoms with Gasteiger partial charge in [-0.1, -0.05) is 6.92 Å². The van der Waals surface area contributed by atoms with Gasteiger partial charge in [-0.3, -0.25) is 14.4 Å². The third kappa shape index (κ3) is 11.9. The molecule has 2 aromatic carbocycles. The molecule has 348 valence electrons. The molecule has 2 atom stereocenters. The van der Waals surface area contributed by atoms with Crippen molar-refractivity contribution in [3.05, 3.63) is 70.0 Å². The van der Waals surface area contributed by atoms with Crippen LogP contribution in [-0.4, -0.2) is 109 Å². The van der Waals surface area contributed by atoms with Crippen LogP contribution in [0, 0.1) is 46.3 Å². The number of carboxylic acid groups (broad SMARTS) is 1. The number of amides is 3. The molecule has 0 bridgehead atoms. The molecule has 15 nitrogen and oxygen atoms in total. The van der Waals surface area contributed by atoms with Crippen molar-refractivity contribution in [3.8, 4) is 12.1 Å². The fourth-order valence-electron chi connectivity index (χ4n) is 10.4. The second-order valence-corrected chi connectivity index (χ2v) is 17.6. The van der Waals surface area contributed by atoms with Crippen LogP contribution in [0.1, 0.15) is 95.6 Å². The minimum absolute atomic E-state index is 0.0478. The number of carbonyl (C=O) groups is 4. The van der Waals surface area contributed by atoms with E-state index in [0.29, 0.717) is 29.5 Å². The summed E-state index contributed by atoms with van der Waals surface area (Å²) in [4.78, 5) is 48.7. The first-order valence-electron chi connectivity index (χ1n) is 23.4. The predicted molar refractivity (Wildman–Crippen MR) is 248 cm³/mol. The fourth-order valence-corrected chi connectivity index (χ4v) is 10.4. The first-order chi connectivity index (χ1) is 31.5. The molecule has 4 aliphatic rings. The van der Waals surface area contributed by atoms with Crippen LogP contribution in [0.15, 0.2) is 36.4 Å². The second kappa shape index (κ2) is 23.4. The summed E-state index contributed by atoms with van der Waals surface area (Å²) in [6.45, 7) is 8.77. The normalized spacial score (nSPS) is 18.4. The van der Waals surface area contributed by atoms with Gasteiger partial charge in [0.25, 0.3) is 5.91 Å². The van der Waals surface area contributed by atoms with Crippen molar-refractivity contribution in [1.29, 1.82) is 10.5 Å². The summed E-state index contributed by atoms with van der Waals surface area (Å²) in [7, 11) is 4.23. The number of carboxylic acids is 1. The summed E-state index contributed by atoms with van der Waals surface area (Å²) in [5.41, 5.74) is 8.86. The molecule has 0 saturated carbocycles. The summed E-state index contributed by atoms with van der Waals surface area (Å²) >= 11 is 0. The summed E-state index contributed by atoms with van der Waals surface area (Å²) < 4.78 is 15.6. The lowest BCUT2D eigenvalue weighted by molar-refractivity contribution is -0.121. The van der Waals surface area contributed by atoms with Crippen LogP contribution < -0.4 is 16.0 Å². The van der Waals surface area contributed by atoms with Crippen molar-refractivity contribution >= 4 is 45.5 Å². The van der Waals surface area contributed by atoms with Crippen molar-refractivity contribution in [1.82, 2.24) is 30.0 Å². The van der Waals surface area contributed by atoms with Gasteiger partial charge in [-0.2, -0.15) is 10.5 Å². The highest BCUT2D eigenvalue weighted by atomic mass is 16.5. The molecule has 4 N–H and O–H groups in total. The number of aromatic carboxylic acids is 1. The van der Waals surface area contributed by atoms with Crippen molar-refractivity contribution in [2.24, 2.45) is 37.8 Å². The quantitative estimate of drug-likeness (QED) is 0.132. The predicted octanol–water partition coefficient (Wildman–Crippen LogP) is 5.46. The van der Waals surface area contributed by atoms with Gasteiger partial charge < -0.3 is 44.6 Å². The van der Waals surface area contributed by atoms with E-state index >= 15 is 0 Å². The van der Waals surface area contributed by atoms with Gasteiger partial charge in [0, 0.05) is 85.8 Å². The van der Waals surface area contributed by atoms with E-state index in [-0.39, 0.29) is 43.9 Å². The number of hydrogen-bond donors (Lipinski definition) is 4. The fraction of sp³-hybridized carbons (Fsp3) is 0.560. The number of aromatic nitrogens is 2. The molecule has 15 heteroatoms. The van der Waals surface area contributed by atoms with Crippen LogP contribution in [0.2, 0.25) is 0 Å². The number of benzene rings is 2. The largest absolute Gasteiger partial charge is 0.478 e. The Morgan fingerprint density at radius 3 is 1.65 bits per heavy atom. The molecule has 2 aliphatic heterocycles. The van der Waals surface area contributed by atoms with E-state index < -0.39 is 5.97 Å². The molecule has 0 radical (unpaired) electrons. The van der Waals surface area contributed by atoms with Crippen LogP contribution in [-0.2, 0) is 58.8 Å². The van der Waals surface area contributed by atoms with E-state index in [4.69, 9.17) is 20.0 Å². The number of nitrogens with zero attached hydrogens (tertiary/aromatic N) is 5. The lowest BCUT2D eigenvalue weighted by atomic mass is 9.75. The van der Waals surface area contributed by atoms with Crippen molar-refractivity contribution in [2.45, 2.75) is 78.1 Å². The Bertz CT molecular complexity index is 2400. The van der Waals surface area contributed by atoms with Crippen LogP contribution >= 0.6 is 0 Å². The monoisotopic (exact) mass is 891 g/mol. The number of carbonyl (C=O) groups excluding carboxylic acids is 3. The van der Waals surface area contributed by atoms with Gasteiger partial charge in [0.05, 0.1) is 30.8 Å². The van der Waals surface area contributed by atoms with E-state index in [1.54, 1.807) is 6.07 Å². The number of fused-ring (bicyclic) bond motifs is 6. The number of ether oxygens (including phenoxy) is 2. The highest BCUT2D eigenvalue weighted by molar-refractivity contribution is 6.01. The van der Waals surface area contributed by atoms with Gasteiger partial charge in [-0.25, -0.2) is 4.79 Å². The van der Waals surface area contributed by atoms with Gasteiger partial charge in [0.2, 0.25) is 11.8 Å². The van der Waals surface area contributed by atoms with E-state index in [2.05, 4.69) is 39.2 Å². The SMILES string of the molecule is CCN(CC(=O)NCC#N)C(=O)c1ccc2c(c1)c1c(n2C)CCC(C2CCOCC2)C1.CCNCC(=O)NCC#N.Cn1c2c(c3cc(C(=O)O)ccc31)CC(C1CCOCC1)CC2. The topological polar surface area (TPSA) is 204 Å². The Hall–Kier alpha value is -5.74. The maximum atomic E-state index is 13.2. The maximum Gasteiger partial charge on any atom is 0.335 e. The van der Waals surface area contributed by atoms with Gasteiger partial charge in [-0.05, 0) is 149 Å². The molecule has 2 aliphatic carbocycles. The summed E-state index contributed by atoms with van der Waals surface area (Å²) in [6.07, 6.45) is 11.4. The smallest absolute Gasteiger partial charge is 0.335 e. The zero-order chi connectivity index (χ0) is 46.5. The van der Waals surface area contributed by atoms with Crippen molar-refractivity contribution < 1.29 is 33.8 Å². The molecule has 2 saturated heterocycles. The highest BCUT2D eigenvalue weighted by Gasteiger charge is 2.33. The Morgan fingerprint density at radius 2 is 1.18 bits per heavy atom. The standard InChI is InChI=1S/C25H32N4O3.C19H23NO3.C6H11N3O/c1-3-29(16-24(30)27-11-10-26)25(31)19-5-7-23-21(15-19)20-14-18(4-6-22(20)28(23)2)17-8-12-32-13-9-17;1-20-17-4-2-13(12-6-8-23-9-7-12)10-15(17)16-11-14(19(21)22)3-5-18(16)20;1-2-8-5-6(10)9-4-3-7/h5,7,15,17-18H,3-4,6,8-9,11-14,16H2,1-2H3,(H,27,30);3,5,11-13H,2,4,6-10H2,1H3,(H,21,22);8H,2,4-5H2,1H3,(H,9,10). The van der Waals surface area contributed by atoms with Gasteiger partial charge in [-0.15, -0.1) is 0 Å². The number of nitrogens with one attached hydrogen (secondary N) is 3. The molecular weight excluding hydrogens is 825 g/mol. The molecule has 65 heavy (non-hydrogen) atoms. The summed E-state index contributed by atoms with van der Waals surface area (Å²) in [5, 5.41) is 36.0. The first-order valence-corrected chi connectivity index (χ1v) is 23.4. The zero-order valence-electron chi connectivity index (χ0n) is 38.5. The van der Waals surface area contributed by atoms with E-state index in [9.17, 15) is 24.3 Å². The van der Waals surface area contributed by atoms with Crippen LogP contribution in [0.4, 0.5) is 0 Å². The lowest BCUT2D eigenvalue weighted by Gasteiger charge is -2.33. The van der Waals surface area contributed by atoms with Crippen LogP contribution in [0.5, 0.6) is 0 Å². The van der Waals surface area contributed by atoms with Crippen molar-refractivity contribution in [2.75, 3.05) is 65.7 Å². The first kappa shape index (κ1) is 48.7. The Kier molecular flexibility index (Phi) is 17.6. The third-order valence-corrected chi connectivity index (χ3v) is 13.9. The Labute approximate surface area is 382 Å². The van der Waals surface area contributed by atoms with E-state index in [1.807, 2.05) is 56.3 Å². The molecule has 4 aromatic rings. The summed E-state index contributed by atoms with van der Waals surface area (Å²) in [6, 6.07) is 15.1. The Balaban J connectivity index is 0.000000184. The average molecular weight is 891 g/mol. The van der Waals surface area contributed by atoms with E-state index in [0.717, 1.165) is 105 Å². The zero-order valence-corrected chi connectivity index (χ0v) is 38.5. The van der Waals surface area contributed by atoms with Crippen LogP contribution in [0.3, 0.4) is 0 Å². The Morgan fingerprint density at radius 1 is 0.708 bits per heavy atom. The minimum atomic E-state index is -0.846. The number of rotatable bonds is 12.